The Morgan fingerprint density at radius 3 is 2.74 bits per heavy atom. The van der Waals surface area contributed by atoms with E-state index in [1.54, 1.807) is 6.20 Å². The molecular weight excluding hydrogens is 236 g/mol. The number of hydrogen-bond acceptors (Lipinski definition) is 3. The van der Waals surface area contributed by atoms with Gasteiger partial charge in [0.1, 0.15) is 11.6 Å². The van der Waals surface area contributed by atoms with E-state index < -0.39 is 0 Å². The molecule has 3 heteroatoms. The topological polar surface area (TPSA) is 56.0 Å². The average molecular weight is 260 g/mol. The normalized spacial score (nSPS) is 23.2. The summed E-state index contributed by atoms with van der Waals surface area (Å²) in [6.07, 6.45) is 9.24. The molecule has 1 heterocycles. The second-order valence-electron chi connectivity index (χ2n) is 5.70. The molecule has 19 heavy (non-hydrogen) atoms. The first-order valence-electron chi connectivity index (χ1n) is 7.42. The number of nitrogen functional groups attached to an aromatic ring is 1. The van der Waals surface area contributed by atoms with E-state index in [0.717, 1.165) is 24.3 Å². The van der Waals surface area contributed by atoms with Crippen molar-refractivity contribution in [2.24, 2.45) is 11.8 Å². The Labute approximate surface area is 115 Å². The van der Waals surface area contributed by atoms with Gasteiger partial charge in [0, 0.05) is 24.1 Å². The smallest absolute Gasteiger partial charge is 0.140 e. The minimum absolute atomic E-state index is 0.243. The Kier molecular flexibility index (Phi) is 4.94. The molecule has 0 unspecified atom stereocenters. The van der Waals surface area contributed by atoms with Gasteiger partial charge in [0.15, 0.2) is 0 Å². The van der Waals surface area contributed by atoms with Gasteiger partial charge < -0.3 is 5.73 Å². The van der Waals surface area contributed by atoms with Gasteiger partial charge in [0.05, 0.1) is 0 Å². The summed E-state index contributed by atoms with van der Waals surface area (Å²) in [6.45, 7) is 2.24. The van der Waals surface area contributed by atoms with Gasteiger partial charge in [-0.3, -0.25) is 4.79 Å². The monoisotopic (exact) mass is 260 g/mol. The summed E-state index contributed by atoms with van der Waals surface area (Å²) in [6, 6.07) is 3.75. The van der Waals surface area contributed by atoms with E-state index in [4.69, 9.17) is 5.73 Å². The lowest BCUT2D eigenvalue weighted by Gasteiger charge is -2.27. The van der Waals surface area contributed by atoms with Gasteiger partial charge in [-0.1, -0.05) is 25.8 Å². The number of ketones is 1. The third kappa shape index (κ3) is 3.79. The van der Waals surface area contributed by atoms with E-state index in [2.05, 4.69) is 11.9 Å². The van der Waals surface area contributed by atoms with Crippen LogP contribution in [-0.2, 0) is 11.2 Å². The van der Waals surface area contributed by atoms with Crippen LogP contribution in [0.15, 0.2) is 18.3 Å². The number of anilines is 1. The molecule has 0 aromatic carbocycles. The molecule has 1 aromatic heterocycles. The number of nitrogens with zero attached hydrogens (tertiary/aromatic N) is 1. The maximum Gasteiger partial charge on any atom is 0.140 e. The molecule has 0 saturated heterocycles. The summed E-state index contributed by atoms with van der Waals surface area (Å²) in [4.78, 5) is 16.3. The third-order valence-corrected chi connectivity index (χ3v) is 4.29. The number of pyridine rings is 1. The summed E-state index contributed by atoms with van der Waals surface area (Å²) < 4.78 is 0. The van der Waals surface area contributed by atoms with Crippen molar-refractivity contribution in [1.29, 1.82) is 0 Å². The second-order valence-corrected chi connectivity index (χ2v) is 5.70. The van der Waals surface area contributed by atoms with Crippen LogP contribution in [0.2, 0.25) is 0 Å². The number of Topliss-reactive ketones (excluding diaryl/α,β-unsaturated/α-hetero) is 1. The number of carbonyl (C=O) groups excluding carboxylic acids is 1. The highest BCUT2D eigenvalue weighted by atomic mass is 16.1. The van der Waals surface area contributed by atoms with Crippen LogP contribution in [0.25, 0.3) is 0 Å². The van der Waals surface area contributed by atoms with Crippen molar-refractivity contribution in [3.05, 3.63) is 23.9 Å². The predicted molar refractivity (Wildman–Crippen MR) is 77.7 cm³/mol. The zero-order valence-electron chi connectivity index (χ0n) is 11.8. The number of nitrogens with two attached hydrogens (primary N) is 1. The molecule has 1 aliphatic rings. The fraction of sp³-hybridized carbons (Fsp3) is 0.625. The molecule has 104 valence electrons. The van der Waals surface area contributed by atoms with Crippen molar-refractivity contribution in [3.63, 3.8) is 0 Å². The van der Waals surface area contributed by atoms with Crippen molar-refractivity contribution in [3.8, 4) is 0 Å². The molecule has 1 saturated carbocycles. The fourth-order valence-electron chi connectivity index (χ4n) is 3.11. The first kappa shape index (κ1) is 14.0. The summed E-state index contributed by atoms with van der Waals surface area (Å²) in [5.74, 6) is 1.93. The molecule has 1 aromatic rings. The zero-order chi connectivity index (χ0) is 13.7. The van der Waals surface area contributed by atoms with E-state index in [0.29, 0.717) is 18.0 Å². The number of hydrogen-bond donors (Lipinski definition) is 1. The molecule has 0 aliphatic heterocycles. The van der Waals surface area contributed by atoms with Gasteiger partial charge in [0.25, 0.3) is 0 Å². The standard InChI is InChI=1S/C16H24N2O/c1-2-4-12-6-8-13(9-7-12)15(19)11-14-5-3-10-18-16(14)17/h3,5,10,12-13H,2,4,6-9,11H2,1H3,(H2,17,18). The van der Waals surface area contributed by atoms with Gasteiger partial charge in [0.2, 0.25) is 0 Å². The molecule has 2 N–H and O–H groups in total. The number of carbonyl (C=O) groups is 1. The van der Waals surface area contributed by atoms with Gasteiger partial charge in [-0.15, -0.1) is 0 Å². The molecule has 0 radical (unpaired) electrons. The highest BCUT2D eigenvalue weighted by molar-refractivity contribution is 5.84. The zero-order valence-corrected chi connectivity index (χ0v) is 11.8. The Balaban J connectivity index is 1.87. The van der Waals surface area contributed by atoms with Crippen LogP contribution in [0.3, 0.4) is 0 Å². The summed E-state index contributed by atoms with van der Waals surface area (Å²) in [5.41, 5.74) is 6.67. The highest BCUT2D eigenvalue weighted by Gasteiger charge is 2.26. The number of rotatable bonds is 5. The molecule has 0 spiro atoms. The largest absolute Gasteiger partial charge is 0.383 e. The minimum atomic E-state index is 0.243. The lowest BCUT2D eigenvalue weighted by molar-refractivity contribution is -0.123. The van der Waals surface area contributed by atoms with Gasteiger partial charge in [-0.2, -0.15) is 0 Å². The van der Waals surface area contributed by atoms with Crippen molar-refractivity contribution in [1.82, 2.24) is 4.98 Å². The van der Waals surface area contributed by atoms with Crippen molar-refractivity contribution < 1.29 is 4.79 Å². The van der Waals surface area contributed by atoms with E-state index in [1.165, 1.54) is 25.7 Å². The Bertz CT molecular complexity index is 423. The van der Waals surface area contributed by atoms with Crippen LogP contribution in [0.5, 0.6) is 0 Å². The Morgan fingerprint density at radius 2 is 2.11 bits per heavy atom. The van der Waals surface area contributed by atoms with Gasteiger partial charge in [-0.25, -0.2) is 4.98 Å². The predicted octanol–water partition coefficient (Wildman–Crippen LogP) is 3.38. The number of aromatic nitrogens is 1. The lowest BCUT2D eigenvalue weighted by Crippen LogP contribution is -2.23. The van der Waals surface area contributed by atoms with E-state index in [1.807, 2.05) is 12.1 Å². The summed E-state index contributed by atoms with van der Waals surface area (Å²) >= 11 is 0. The highest BCUT2D eigenvalue weighted by Crippen LogP contribution is 2.32. The summed E-state index contributed by atoms with van der Waals surface area (Å²) in [7, 11) is 0. The fourth-order valence-corrected chi connectivity index (χ4v) is 3.11. The Hall–Kier alpha value is -1.38. The SMILES string of the molecule is CCCC1CCC(C(=O)Cc2cccnc2N)CC1. The van der Waals surface area contributed by atoms with Crippen molar-refractivity contribution in [2.45, 2.75) is 51.9 Å². The molecule has 1 fully saturated rings. The third-order valence-electron chi connectivity index (χ3n) is 4.29. The Morgan fingerprint density at radius 1 is 1.37 bits per heavy atom. The molecule has 2 rings (SSSR count). The molecule has 3 nitrogen and oxygen atoms in total. The molecule has 0 atom stereocenters. The van der Waals surface area contributed by atoms with Crippen LogP contribution in [0.1, 0.15) is 51.0 Å². The molecule has 0 amide bonds. The molecule has 1 aliphatic carbocycles. The van der Waals surface area contributed by atoms with Crippen LogP contribution >= 0.6 is 0 Å². The van der Waals surface area contributed by atoms with Gasteiger partial charge in [-0.05, 0) is 37.7 Å². The van der Waals surface area contributed by atoms with Crippen LogP contribution in [-0.4, -0.2) is 10.8 Å². The summed E-state index contributed by atoms with van der Waals surface area (Å²) in [5, 5.41) is 0. The molecular formula is C16H24N2O. The minimum Gasteiger partial charge on any atom is -0.383 e. The van der Waals surface area contributed by atoms with E-state index >= 15 is 0 Å². The van der Waals surface area contributed by atoms with Crippen LogP contribution in [0.4, 0.5) is 5.82 Å². The molecule has 0 bridgehead atoms. The van der Waals surface area contributed by atoms with Gasteiger partial charge >= 0.3 is 0 Å². The maximum atomic E-state index is 12.3. The lowest BCUT2D eigenvalue weighted by atomic mass is 9.77. The van der Waals surface area contributed by atoms with Crippen LogP contribution < -0.4 is 5.73 Å². The second kappa shape index (κ2) is 6.69. The quantitative estimate of drug-likeness (QED) is 0.883. The van der Waals surface area contributed by atoms with Crippen molar-refractivity contribution >= 4 is 11.6 Å². The van der Waals surface area contributed by atoms with E-state index in [9.17, 15) is 4.79 Å². The average Bonchev–Trinajstić information content (AvgIpc) is 2.42. The van der Waals surface area contributed by atoms with Crippen molar-refractivity contribution in [2.75, 3.05) is 5.73 Å². The maximum absolute atomic E-state index is 12.3. The first-order valence-corrected chi connectivity index (χ1v) is 7.42. The van der Waals surface area contributed by atoms with Crippen LogP contribution in [0, 0.1) is 11.8 Å². The first-order chi connectivity index (χ1) is 9.20. The van der Waals surface area contributed by atoms with E-state index in [-0.39, 0.29) is 5.92 Å².